The Kier molecular flexibility index (Phi) is 6.50. The first-order valence-electron chi connectivity index (χ1n) is 8.29. The molecule has 1 aliphatic heterocycles. The van der Waals surface area contributed by atoms with Gasteiger partial charge in [0.2, 0.25) is 0 Å². The van der Waals surface area contributed by atoms with Crippen molar-refractivity contribution in [1.82, 2.24) is 5.32 Å². The zero-order chi connectivity index (χ0) is 18.5. The van der Waals surface area contributed by atoms with Gasteiger partial charge in [-0.1, -0.05) is 11.6 Å². The Balaban J connectivity index is 1.73. The average Bonchev–Trinajstić information content (AvgIpc) is 3.15. The van der Waals surface area contributed by atoms with Crippen molar-refractivity contribution in [2.24, 2.45) is 0 Å². The van der Waals surface area contributed by atoms with Crippen molar-refractivity contribution in [3.05, 3.63) is 62.2 Å². The first kappa shape index (κ1) is 19.1. The molecule has 2 aromatic carbocycles. The normalized spacial score (nSPS) is 16.3. The highest BCUT2D eigenvalue weighted by Gasteiger charge is 2.19. The van der Waals surface area contributed by atoms with Gasteiger partial charge < -0.3 is 15.4 Å². The average molecular weight is 485 g/mol. The van der Waals surface area contributed by atoms with Crippen LogP contribution in [-0.4, -0.2) is 31.1 Å². The van der Waals surface area contributed by atoms with Gasteiger partial charge in [0.05, 0.1) is 17.4 Å². The van der Waals surface area contributed by atoms with Gasteiger partial charge in [0, 0.05) is 27.3 Å². The predicted octanol–water partition coefficient (Wildman–Crippen LogP) is 4.11. The molecule has 2 N–H and O–H groups in total. The van der Waals surface area contributed by atoms with Crippen LogP contribution >= 0.6 is 34.2 Å². The SMILES string of the molecule is O=C(Nc1ccc(I)cc1C(=O)NC[C@@H]1CCCO1)c1ccc(Cl)cc1. The van der Waals surface area contributed by atoms with Gasteiger partial charge in [-0.15, -0.1) is 0 Å². The van der Waals surface area contributed by atoms with Gasteiger partial charge in [-0.2, -0.15) is 0 Å². The molecule has 7 heteroatoms. The van der Waals surface area contributed by atoms with E-state index in [1.807, 2.05) is 6.07 Å². The Morgan fingerprint density at radius 3 is 2.62 bits per heavy atom. The van der Waals surface area contributed by atoms with Crippen molar-refractivity contribution in [2.45, 2.75) is 18.9 Å². The molecule has 1 saturated heterocycles. The maximum absolute atomic E-state index is 12.6. The minimum absolute atomic E-state index is 0.0637. The van der Waals surface area contributed by atoms with Gasteiger partial charge in [-0.25, -0.2) is 0 Å². The van der Waals surface area contributed by atoms with Crippen molar-refractivity contribution in [3.8, 4) is 0 Å². The lowest BCUT2D eigenvalue weighted by Gasteiger charge is -2.14. The van der Waals surface area contributed by atoms with Gasteiger partial charge in [-0.3, -0.25) is 9.59 Å². The summed E-state index contributed by atoms with van der Waals surface area (Å²) in [6.07, 6.45) is 2.03. The van der Waals surface area contributed by atoms with E-state index < -0.39 is 0 Å². The molecule has 5 nitrogen and oxygen atoms in total. The molecule has 0 radical (unpaired) electrons. The molecule has 1 atom stereocenters. The molecule has 1 aliphatic rings. The number of hydrogen-bond acceptors (Lipinski definition) is 3. The number of nitrogens with one attached hydrogen (secondary N) is 2. The second-order valence-electron chi connectivity index (χ2n) is 6.00. The Hall–Kier alpha value is -1.64. The minimum atomic E-state index is -0.295. The lowest BCUT2D eigenvalue weighted by molar-refractivity contribution is 0.0858. The van der Waals surface area contributed by atoms with Crippen LogP contribution in [0, 0.1) is 3.57 Å². The Bertz CT molecular complexity index is 805. The predicted molar refractivity (Wildman–Crippen MR) is 110 cm³/mol. The maximum atomic E-state index is 12.6. The first-order valence-corrected chi connectivity index (χ1v) is 9.75. The molecule has 0 saturated carbocycles. The van der Waals surface area contributed by atoms with E-state index in [4.69, 9.17) is 16.3 Å². The summed E-state index contributed by atoms with van der Waals surface area (Å²) in [5.41, 5.74) is 1.37. The standard InChI is InChI=1S/C19H18ClIN2O3/c20-13-5-3-12(4-6-13)18(24)23-17-8-7-14(21)10-16(17)19(25)22-11-15-2-1-9-26-15/h3-8,10,15H,1-2,9,11H2,(H,22,25)(H,23,24)/t15-/m0/s1. The van der Waals surface area contributed by atoms with Crippen LogP contribution in [0.25, 0.3) is 0 Å². The molecule has 3 rings (SSSR count). The largest absolute Gasteiger partial charge is 0.376 e. The van der Waals surface area contributed by atoms with Crippen LogP contribution in [0.5, 0.6) is 0 Å². The second-order valence-corrected chi connectivity index (χ2v) is 7.68. The second kappa shape index (κ2) is 8.83. The maximum Gasteiger partial charge on any atom is 0.255 e. The van der Waals surface area contributed by atoms with E-state index in [0.29, 0.717) is 28.4 Å². The highest BCUT2D eigenvalue weighted by Crippen LogP contribution is 2.21. The zero-order valence-electron chi connectivity index (χ0n) is 13.9. The fraction of sp³-hybridized carbons (Fsp3) is 0.263. The fourth-order valence-electron chi connectivity index (χ4n) is 2.72. The molecule has 2 aromatic rings. The van der Waals surface area contributed by atoms with Gasteiger partial charge in [0.1, 0.15) is 0 Å². The summed E-state index contributed by atoms with van der Waals surface area (Å²) in [6, 6.07) is 11.9. The summed E-state index contributed by atoms with van der Waals surface area (Å²) in [7, 11) is 0. The Labute approximate surface area is 170 Å². The first-order chi connectivity index (χ1) is 12.5. The topological polar surface area (TPSA) is 67.4 Å². The molecule has 136 valence electrons. The van der Waals surface area contributed by atoms with Crippen LogP contribution < -0.4 is 10.6 Å². The van der Waals surface area contributed by atoms with E-state index >= 15 is 0 Å². The molecule has 0 spiro atoms. The van der Waals surface area contributed by atoms with Crippen LogP contribution in [0.15, 0.2) is 42.5 Å². The van der Waals surface area contributed by atoms with Crippen LogP contribution in [0.3, 0.4) is 0 Å². The number of carbonyl (C=O) groups is 2. The third kappa shape index (κ3) is 4.96. The van der Waals surface area contributed by atoms with E-state index in [2.05, 4.69) is 33.2 Å². The number of hydrogen-bond donors (Lipinski definition) is 2. The molecule has 2 amide bonds. The number of halogens is 2. The molecule has 0 bridgehead atoms. The number of anilines is 1. The number of rotatable bonds is 5. The highest BCUT2D eigenvalue weighted by atomic mass is 127. The summed E-state index contributed by atoms with van der Waals surface area (Å²) in [6.45, 7) is 1.21. The quantitative estimate of drug-likeness (QED) is 0.628. The number of ether oxygens (including phenoxy) is 1. The van der Waals surface area contributed by atoms with E-state index in [1.54, 1.807) is 36.4 Å². The van der Waals surface area contributed by atoms with Gasteiger partial charge in [0.25, 0.3) is 11.8 Å². The monoisotopic (exact) mass is 484 g/mol. The van der Waals surface area contributed by atoms with Crippen molar-refractivity contribution >= 4 is 51.7 Å². The molecule has 0 aliphatic carbocycles. The Morgan fingerprint density at radius 1 is 1.15 bits per heavy atom. The summed E-state index contributed by atoms with van der Waals surface area (Å²) >= 11 is 7.99. The molecule has 0 aromatic heterocycles. The summed E-state index contributed by atoms with van der Waals surface area (Å²) in [4.78, 5) is 25.0. The van der Waals surface area contributed by atoms with Crippen LogP contribution in [-0.2, 0) is 4.74 Å². The molecule has 26 heavy (non-hydrogen) atoms. The molecule has 0 unspecified atom stereocenters. The lowest BCUT2D eigenvalue weighted by atomic mass is 10.1. The van der Waals surface area contributed by atoms with E-state index in [1.165, 1.54) is 0 Å². The molecular formula is C19H18ClIN2O3. The highest BCUT2D eigenvalue weighted by molar-refractivity contribution is 14.1. The third-order valence-corrected chi connectivity index (χ3v) is 5.02. The third-order valence-electron chi connectivity index (χ3n) is 4.10. The van der Waals surface area contributed by atoms with E-state index in [0.717, 1.165) is 23.0 Å². The minimum Gasteiger partial charge on any atom is -0.376 e. The van der Waals surface area contributed by atoms with Crippen LogP contribution in [0.1, 0.15) is 33.6 Å². The molecule has 1 fully saturated rings. The van der Waals surface area contributed by atoms with E-state index in [9.17, 15) is 9.59 Å². The van der Waals surface area contributed by atoms with Crippen molar-refractivity contribution in [2.75, 3.05) is 18.5 Å². The summed E-state index contributed by atoms with van der Waals surface area (Å²) in [5.74, 6) is -0.526. The molecule has 1 heterocycles. The lowest BCUT2D eigenvalue weighted by Crippen LogP contribution is -2.32. The fourth-order valence-corrected chi connectivity index (χ4v) is 3.33. The van der Waals surface area contributed by atoms with Crippen molar-refractivity contribution in [3.63, 3.8) is 0 Å². The summed E-state index contributed by atoms with van der Waals surface area (Å²) < 4.78 is 6.44. The Morgan fingerprint density at radius 2 is 1.92 bits per heavy atom. The number of carbonyl (C=O) groups excluding carboxylic acids is 2. The van der Waals surface area contributed by atoms with Crippen LogP contribution in [0.4, 0.5) is 5.69 Å². The smallest absolute Gasteiger partial charge is 0.255 e. The zero-order valence-corrected chi connectivity index (χ0v) is 16.8. The van der Waals surface area contributed by atoms with Gasteiger partial charge >= 0.3 is 0 Å². The van der Waals surface area contributed by atoms with Crippen molar-refractivity contribution < 1.29 is 14.3 Å². The van der Waals surface area contributed by atoms with Gasteiger partial charge in [-0.05, 0) is 77.9 Å². The molecular weight excluding hydrogens is 467 g/mol. The van der Waals surface area contributed by atoms with Crippen LogP contribution in [0.2, 0.25) is 5.02 Å². The number of benzene rings is 2. The summed E-state index contributed by atoms with van der Waals surface area (Å²) in [5, 5.41) is 6.26. The number of amides is 2. The van der Waals surface area contributed by atoms with Crippen molar-refractivity contribution in [1.29, 1.82) is 0 Å². The van der Waals surface area contributed by atoms with Gasteiger partial charge in [0.15, 0.2) is 0 Å². The van der Waals surface area contributed by atoms with E-state index in [-0.39, 0.29) is 17.9 Å².